The molecule has 5 heteroatoms. The van der Waals surface area contributed by atoms with Crippen LogP contribution in [0.1, 0.15) is 55.1 Å². The maximum Gasteiger partial charge on any atom is 0.228 e. The van der Waals surface area contributed by atoms with Gasteiger partial charge in [0.2, 0.25) is 11.8 Å². The highest BCUT2D eigenvalue weighted by Gasteiger charge is 2.30. The number of carbonyl (C=O) groups is 3. The Labute approximate surface area is 156 Å². The van der Waals surface area contributed by atoms with Gasteiger partial charge in [-0.05, 0) is 31.0 Å². The van der Waals surface area contributed by atoms with Crippen molar-refractivity contribution in [1.29, 1.82) is 0 Å². The van der Waals surface area contributed by atoms with Crippen molar-refractivity contribution in [3.63, 3.8) is 0 Å². The molecule has 1 aliphatic rings. The Bertz CT molecular complexity index is 696. The summed E-state index contributed by atoms with van der Waals surface area (Å²) in [6.07, 6.45) is 0.446. The minimum Gasteiger partial charge on any atom is -0.339 e. The molecule has 5 nitrogen and oxygen atoms in total. The van der Waals surface area contributed by atoms with Crippen LogP contribution in [0.5, 0.6) is 0 Å². The lowest BCUT2D eigenvalue weighted by molar-refractivity contribution is -0.144. The van der Waals surface area contributed by atoms with Crippen LogP contribution in [0.2, 0.25) is 0 Å². The van der Waals surface area contributed by atoms with E-state index < -0.39 is 5.41 Å². The number of piperazine rings is 1. The fraction of sp³-hybridized carbons (Fsp3) is 0.571. The van der Waals surface area contributed by atoms with E-state index in [9.17, 15) is 14.4 Å². The first-order chi connectivity index (χ1) is 12.1. The zero-order valence-corrected chi connectivity index (χ0v) is 16.6. The zero-order chi connectivity index (χ0) is 19.5. The minimum absolute atomic E-state index is 0.00277. The van der Waals surface area contributed by atoms with Crippen LogP contribution in [-0.4, -0.2) is 53.6 Å². The molecule has 1 heterocycles. The van der Waals surface area contributed by atoms with Crippen molar-refractivity contribution in [2.45, 2.75) is 47.5 Å². The van der Waals surface area contributed by atoms with E-state index >= 15 is 0 Å². The summed E-state index contributed by atoms with van der Waals surface area (Å²) in [4.78, 5) is 40.6. The molecule has 1 aromatic carbocycles. The number of hydrogen-bond donors (Lipinski definition) is 0. The van der Waals surface area contributed by atoms with Crippen molar-refractivity contribution in [3.05, 3.63) is 34.9 Å². The monoisotopic (exact) mass is 358 g/mol. The summed E-state index contributed by atoms with van der Waals surface area (Å²) in [7, 11) is 0. The van der Waals surface area contributed by atoms with E-state index in [2.05, 4.69) is 0 Å². The molecule has 0 atom stereocenters. The van der Waals surface area contributed by atoms with Gasteiger partial charge in [0.25, 0.3) is 0 Å². The Morgan fingerprint density at radius 1 is 0.885 bits per heavy atom. The predicted octanol–water partition coefficient (Wildman–Crippen LogP) is 2.98. The molecule has 0 bridgehead atoms. The Morgan fingerprint density at radius 3 is 2.00 bits per heavy atom. The highest BCUT2D eigenvalue weighted by Crippen LogP contribution is 2.19. The first kappa shape index (κ1) is 20.1. The van der Waals surface area contributed by atoms with Crippen molar-refractivity contribution < 1.29 is 14.4 Å². The quantitative estimate of drug-likeness (QED) is 0.778. The van der Waals surface area contributed by atoms with Crippen LogP contribution in [0.4, 0.5) is 0 Å². The molecule has 0 aromatic heterocycles. The largest absolute Gasteiger partial charge is 0.339 e. The van der Waals surface area contributed by atoms with Gasteiger partial charge in [-0.25, -0.2) is 0 Å². The highest BCUT2D eigenvalue weighted by molar-refractivity contribution is 5.98. The summed E-state index contributed by atoms with van der Waals surface area (Å²) in [5.41, 5.74) is 2.51. The van der Waals surface area contributed by atoms with Crippen LogP contribution in [0.15, 0.2) is 18.2 Å². The van der Waals surface area contributed by atoms with Crippen molar-refractivity contribution in [2.75, 3.05) is 26.2 Å². The van der Waals surface area contributed by atoms with Crippen molar-refractivity contribution in [2.24, 2.45) is 5.41 Å². The standard InChI is InChI=1S/C21H30N2O3/c1-15-6-7-17(14-16(15)2)18(24)8-9-19(25)22-10-12-23(13-11-22)20(26)21(3,4)5/h6-7,14H,8-13H2,1-5H3. The lowest BCUT2D eigenvalue weighted by Crippen LogP contribution is -2.53. The Morgan fingerprint density at radius 2 is 1.46 bits per heavy atom. The molecule has 2 rings (SSSR count). The average Bonchev–Trinajstić information content (AvgIpc) is 2.60. The normalized spacial score (nSPS) is 15.1. The maximum absolute atomic E-state index is 12.4. The van der Waals surface area contributed by atoms with Gasteiger partial charge in [0.05, 0.1) is 0 Å². The van der Waals surface area contributed by atoms with Gasteiger partial charge >= 0.3 is 0 Å². The maximum atomic E-state index is 12.4. The molecule has 0 unspecified atom stereocenters. The summed E-state index contributed by atoms with van der Waals surface area (Å²) in [6, 6.07) is 5.65. The number of nitrogens with zero attached hydrogens (tertiary/aromatic N) is 2. The molecule has 1 fully saturated rings. The van der Waals surface area contributed by atoms with E-state index in [0.717, 1.165) is 11.1 Å². The molecular formula is C21H30N2O3. The molecule has 0 aliphatic carbocycles. The van der Waals surface area contributed by atoms with Gasteiger partial charge in [0, 0.05) is 50.0 Å². The molecule has 26 heavy (non-hydrogen) atoms. The first-order valence-corrected chi connectivity index (χ1v) is 9.27. The van der Waals surface area contributed by atoms with Gasteiger partial charge in [-0.3, -0.25) is 14.4 Å². The Hall–Kier alpha value is -2.17. The summed E-state index contributed by atoms with van der Waals surface area (Å²) < 4.78 is 0. The fourth-order valence-electron chi connectivity index (χ4n) is 3.07. The van der Waals surface area contributed by atoms with Crippen LogP contribution in [0.3, 0.4) is 0 Å². The van der Waals surface area contributed by atoms with Crippen molar-refractivity contribution >= 4 is 17.6 Å². The molecule has 142 valence electrons. The molecule has 1 aliphatic heterocycles. The third-order valence-electron chi connectivity index (χ3n) is 4.96. The SMILES string of the molecule is Cc1ccc(C(=O)CCC(=O)N2CCN(C(=O)C(C)(C)C)CC2)cc1C. The molecule has 0 saturated carbocycles. The van der Waals surface area contributed by atoms with Gasteiger partial charge in [0.1, 0.15) is 0 Å². The van der Waals surface area contributed by atoms with Crippen LogP contribution >= 0.6 is 0 Å². The third-order valence-corrected chi connectivity index (χ3v) is 4.96. The van der Waals surface area contributed by atoms with Crippen LogP contribution < -0.4 is 0 Å². The lowest BCUT2D eigenvalue weighted by Gasteiger charge is -2.37. The second-order valence-electron chi connectivity index (χ2n) is 8.15. The number of hydrogen-bond acceptors (Lipinski definition) is 3. The fourth-order valence-corrected chi connectivity index (χ4v) is 3.07. The van der Waals surface area contributed by atoms with Crippen LogP contribution in [0, 0.1) is 19.3 Å². The molecule has 1 saturated heterocycles. The predicted molar refractivity (Wildman–Crippen MR) is 102 cm³/mol. The third kappa shape index (κ3) is 4.93. The summed E-state index contributed by atoms with van der Waals surface area (Å²) in [6.45, 7) is 11.9. The van der Waals surface area contributed by atoms with E-state index in [0.29, 0.717) is 31.7 Å². The van der Waals surface area contributed by atoms with Gasteiger partial charge in [-0.2, -0.15) is 0 Å². The number of amides is 2. The molecule has 1 aromatic rings. The van der Waals surface area contributed by atoms with E-state index in [4.69, 9.17) is 0 Å². The number of Topliss-reactive ketones (excluding diaryl/α,β-unsaturated/α-hetero) is 1. The summed E-state index contributed by atoms with van der Waals surface area (Å²) in [5.74, 6) is 0.113. The average molecular weight is 358 g/mol. The summed E-state index contributed by atoms with van der Waals surface area (Å²) in [5, 5.41) is 0. The zero-order valence-electron chi connectivity index (χ0n) is 16.6. The molecule has 0 spiro atoms. The Balaban J connectivity index is 1.83. The van der Waals surface area contributed by atoms with Crippen molar-refractivity contribution in [1.82, 2.24) is 9.80 Å². The smallest absolute Gasteiger partial charge is 0.228 e. The van der Waals surface area contributed by atoms with E-state index in [1.165, 1.54) is 0 Å². The topological polar surface area (TPSA) is 57.7 Å². The van der Waals surface area contributed by atoms with E-state index in [1.807, 2.05) is 57.7 Å². The van der Waals surface area contributed by atoms with Gasteiger partial charge in [-0.15, -0.1) is 0 Å². The van der Waals surface area contributed by atoms with E-state index in [-0.39, 0.29) is 30.4 Å². The molecule has 2 amide bonds. The molecule has 0 N–H and O–H groups in total. The number of rotatable bonds is 4. The number of aryl methyl sites for hydroxylation is 2. The molecular weight excluding hydrogens is 328 g/mol. The minimum atomic E-state index is -0.398. The van der Waals surface area contributed by atoms with Crippen LogP contribution in [-0.2, 0) is 9.59 Å². The lowest BCUT2D eigenvalue weighted by atomic mass is 9.94. The Kier molecular flexibility index (Phi) is 6.21. The molecule has 0 radical (unpaired) electrons. The van der Waals surface area contributed by atoms with Crippen LogP contribution in [0.25, 0.3) is 0 Å². The van der Waals surface area contributed by atoms with Gasteiger partial charge in [-0.1, -0.05) is 32.9 Å². The first-order valence-electron chi connectivity index (χ1n) is 9.27. The number of benzene rings is 1. The second-order valence-corrected chi connectivity index (χ2v) is 8.15. The second kappa shape index (κ2) is 8.02. The van der Waals surface area contributed by atoms with Gasteiger partial charge in [0.15, 0.2) is 5.78 Å². The highest BCUT2D eigenvalue weighted by atomic mass is 16.2. The van der Waals surface area contributed by atoms with Crippen molar-refractivity contribution in [3.8, 4) is 0 Å². The number of carbonyl (C=O) groups excluding carboxylic acids is 3. The van der Waals surface area contributed by atoms with Gasteiger partial charge < -0.3 is 9.80 Å². The summed E-state index contributed by atoms with van der Waals surface area (Å²) >= 11 is 0. The van der Waals surface area contributed by atoms with E-state index in [1.54, 1.807) is 4.90 Å². The number of ketones is 1.